The average molecular weight is 1230 g/mol. The molecule has 0 rings (SSSR count). The van der Waals surface area contributed by atoms with Gasteiger partial charge >= 0.3 is 11.9 Å². The molecule has 0 aliphatic carbocycles. The Bertz CT molecular complexity index is 2330. The summed E-state index contributed by atoms with van der Waals surface area (Å²) in [5.41, 5.74) is 0. The van der Waals surface area contributed by atoms with E-state index >= 15 is 0 Å². The maximum absolute atomic E-state index is 12.4. The molecule has 0 saturated carbocycles. The molecule has 0 fully saturated rings. The van der Waals surface area contributed by atoms with E-state index in [9.17, 15) is 14.7 Å². The molecular weight excluding hydrogens is 1100 g/mol. The van der Waals surface area contributed by atoms with Gasteiger partial charge in [-0.15, -0.1) is 0 Å². The number of hydrogen-bond acceptors (Lipinski definition) is 5. The van der Waals surface area contributed by atoms with Crippen LogP contribution in [0.5, 0.6) is 0 Å². The second kappa shape index (κ2) is 76.4. The Morgan fingerprint density at radius 2 is 0.444 bits per heavy atom. The molecule has 0 aromatic heterocycles. The fraction of sp³-hybridized carbons (Fsp3) is 0.459. The number of allylic oxidation sites excluding steroid dienone is 44. The van der Waals surface area contributed by atoms with Gasteiger partial charge in [0.05, 0.1) is 6.61 Å². The van der Waals surface area contributed by atoms with Crippen LogP contribution >= 0.6 is 0 Å². The number of ether oxygens (including phenoxy) is 2. The second-order valence-corrected chi connectivity index (χ2v) is 21.8. The topological polar surface area (TPSA) is 72.8 Å². The lowest BCUT2D eigenvalue weighted by atomic mass is 10.1. The van der Waals surface area contributed by atoms with Gasteiger partial charge in [-0.2, -0.15) is 0 Å². The zero-order valence-electron chi connectivity index (χ0n) is 56.5. The molecule has 1 unspecified atom stereocenters. The molecule has 0 amide bonds. The molecule has 90 heavy (non-hydrogen) atoms. The standard InChI is InChI=1S/C85H124O5/c1-3-5-7-9-11-13-15-17-19-21-23-25-27-29-31-33-35-37-39-40-41-42-43-44-46-48-50-52-54-56-58-60-62-64-66-68-70-72-74-76-78-80-85(88)90-83(81-86)82-89-84(87)79-77-75-73-71-69-67-65-63-61-59-57-55-53-51-49-47-45-38-36-34-32-30-28-26-24-22-20-18-16-14-12-10-8-6-4-2/h5-8,11-14,17-20,23-26,29-32,35-38,40-41,43-44,47-50,53-56,59-62,65-68,83,86H,3-4,9-10,15-16,21-22,27-28,33-34,39,42,45-46,51-52,57-58,63-64,69-82H2,1-2H3/b7-5-,8-6-,13-11-,14-12-,19-17-,20-18-,25-23-,26-24-,31-29-,32-30-,37-35-,38-36-,41-40-,44-43-,49-47-,50-48-,55-53-,56-54-,61-59-,62-60-,67-65-,68-66-. The molecule has 0 radical (unpaired) electrons. The highest BCUT2D eigenvalue weighted by atomic mass is 16.6. The van der Waals surface area contributed by atoms with Crippen molar-refractivity contribution in [2.75, 3.05) is 13.2 Å². The van der Waals surface area contributed by atoms with E-state index in [1.165, 1.54) is 0 Å². The van der Waals surface area contributed by atoms with Gasteiger partial charge < -0.3 is 14.6 Å². The van der Waals surface area contributed by atoms with Crippen LogP contribution in [0.25, 0.3) is 0 Å². The van der Waals surface area contributed by atoms with Crippen molar-refractivity contribution in [1.82, 2.24) is 0 Å². The average Bonchev–Trinajstić information content (AvgIpc) is 3.60. The molecule has 0 aromatic carbocycles. The van der Waals surface area contributed by atoms with E-state index in [-0.39, 0.29) is 25.2 Å². The van der Waals surface area contributed by atoms with Gasteiger partial charge in [0.1, 0.15) is 6.61 Å². The van der Waals surface area contributed by atoms with Crippen LogP contribution in [0.3, 0.4) is 0 Å². The molecule has 494 valence electrons. The fourth-order valence-electron chi connectivity index (χ4n) is 8.39. The van der Waals surface area contributed by atoms with E-state index in [1.54, 1.807) is 0 Å². The fourth-order valence-corrected chi connectivity index (χ4v) is 8.39. The summed E-state index contributed by atoms with van der Waals surface area (Å²) in [7, 11) is 0. The van der Waals surface area contributed by atoms with Crippen LogP contribution in [0, 0.1) is 0 Å². The molecule has 5 nitrogen and oxygen atoms in total. The number of aliphatic hydroxyl groups is 1. The van der Waals surface area contributed by atoms with Crippen molar-refractivity contribution in [3.8, 4) is 0 Å². The Hall–Kier alpha value is -6.82. The van der Waals surface area contributed by atoms with Gasteiger partial charge in [-0.25, -0.2) is 0 Å². The number of carbonyl (C=O) groups is 2. The maximum atomic E-state index is 12.4. The SMILES string of the molecule is CC/C=C\C/C=C\C/C=C\C/C=C\C/C=C\C/C=C\C/C=C\C/C=C\C/C=C\C/C=C\C/C=C\C/C=C\CCCCCCC(=O)OC(CO)COC(=O)CCCCCC/C=C\C/C=C\C/C=C\C/C=C\C/C=C\C/C=C\C/C=C\C/C=C\C/C=C\C/C=C\CC. The Labute approximate surface area is 552 Å². The molecule has 0 aliphatic rings. The van der Waals surface area contributed by atoms with Gasteiger partial charge in [0.15, 0.2) is 6.10 Å². The van der Waals surface area contributed by atoms with E-state index < -0.39 is 6.10 Å². The summed E-state index contributed by atoms with van der Waals surface area (Å²) in [5, 5.41) is 9.69. The minimum atomic E-state index is -0.821. The van der Waals surface area contributed by atoms with Crippen molar-refractivity contribution in [1.29, 1.82) is 0 Å². The Morgan fingerprint density at radius 3 is 0.656 bits per heavy atom. The number of unbranched alkanes of at least 4 members (excludes halogenated alkanes) is 8. The van der Waals surface area contributed by atoms with Crippen molar-refractivity contribution in [2.24, 2.45) is 0 Å². The summed E-state index contributed by atoms with van der Waals surface area (Å²) in [6.45, 7) is 3.85. The summed E-state index contributed by atoms with van der Waals surface area (Å²) < 4.78 is 10.7. The van der Waals surface area contributed by atoms with Crippen LogP contribution in [-0.2, 0) is 19.1 Å². The molecule has 0 bridgehead atoms. The highest BCUT2D eigenvalue weighted by Crippen LogP contribution is 2.11. The summed E-state index contributed by atoms with van der Waals surface area (Å²) in [6.07, 6.45) is 129. The predicted octanol–water partition coefficient (Wildman–Crippen LogP) is 25.0. The molecule has 0 aliphatic heterocycles. The van der Waals surface area contributed by atoms with Crippen LogP contribution < -0.4 is 0 Å². The number of aliphatic hydroxyl groups excluding tert-OH is 1. The number of rotatable bonds is 60. The molecule has 0 heterocycles. The predicted molar refractivity (Wildman–Crippen MR) is 397 cm³/mol. The first kappa shape index (κ1) is 83.2. The van der Waals surface area contributed by atoms with Gasteiger partial charge in [0.25, 0.3) is 0 Å². The highest BCUT2D eigenvalue weighted by molar-refractivity contribution is 5.70. The van der Waals surface area contributed by atoms with Crippen LogP contribution in [0.15, 0.2) is 267 Å². The second-order valence-electron chi connectivity index (χ2n) is 21.8. The van der Waals surface area contributed by atoms with Gasteiger partial charge in [-0.1, -0.05) is 307 Å². The molecule has 5 heteroatoms. The maximum Gasteiger partial charge on any atom is 0.306 e. The third kappa shape index (κ3) is 73.6. The first-order chi connectivity index (χ1) is 44.6. The third-order valence-corrected chi connectivity index (χ3v) is 13.5. The van der Waals surface area contributed by atoms with Crippen molar-refractivity contribution in [2.45, 2.75) is 238 Å². The molecule has 0 spiro atoms. The summed E-state index contributed by atoms with van der Waals surface area (Å²) in [6, 6.07) is 0. The van der Waals surface area contributed by atoms with Crippen LogP contribution in [0.2, 0.25) is 0 Å². The first-order valence-electron chi connectivity index (χ1n) is 34.9. The number of esters is 2. The van der Waals surface area contributed by atoms with Gasteiger partial charge in [-0.3, -0.25) is 9.59 Å². The summed E-state index contributed by atoms with van der Waals surface area (Å²) in [4.78, 5) is 24.6. The van der Waals surface area contributed by atoms with Crippen LogP contribution in [-0.4, -0.2) is 36.4 Å². The van der Waals surface area contributed by atoms with Gasteiger partial charge in [-0.05, 0) is 180 Å². The highest BCUT2D eigenvalue weighted by Gasteiger charge is 2.16. The molecule has 0 aromatic rings. The zero-order chi connectivity index (χ0) is 64.7. The number of carbonyl (C=O) groups excluding carboxylic acids is 2. The van der Waals surface area contributed by atoms with Gasteiger partial charge in [0, 0.05) is 12.8 Å². The molecular formula is C85H124O5. The molecule has 1 N–H and O–H groups in total. The monoisotopic (exact) mass is 1220 g/mol. The Balaban J connectivity index is 3.73. The minimum absolute atomic E-state index is 0.109. The zero-order valence-corrected chi connectivity index (χ0v) is 56.5. The molecule has 1 atom stereocenters. The van der Waals surface area contributed by atoms with Crippen LogP contribution in [0.4, 0.5) is 0 Å². The Morgan fingerprint density at radius 1 is 0.256 bits per heavy atom. The third-order valence-electron chi connectivity index (χ3n) is 13.5. The summed E-state index contributed by atoms with van der Waals surface area (Å²) in [5.74, 6) is -0.672. The lowest BCUT2D eigenvalue weighted by molar-refractivity contribution is -0.161. The molecule has 0 saturated heterocycles. The van der Waals surface area contributed by atoms with E-state index in [2.05, 4.69) is 281 Å². The van der Waals surface area contributed by atoms with Crippen LogP contribution in [0.1, 0.15) is 232 Å². The quantitative estimate of drug-likeness (QED) is 0.0373. The van der Waals surface area contributed by atoms with E-state index in [0.717, 1.165) is 205 Å². The van der Waals surface area contributed by atoms with E-state index in [4.69, 9.17) is 9.47 Å². The smallest absolute Gasteiger partial charge is 0.306 e. The minimum Gasteiger partial charge on any atom is -0.462 e. The van der Waals surface area contributed by atoms with Crippen molar-refractivity contribution in [3.05, 3.63) is 267 Å². The Kier molecular flexibility index (Phi) is 70.6. The number of hydrogen-bond donors (Lipinski definition) is 1. The van der Waals surface area contributed by atoms with E-state index in [0.29, 0.717) is 12.8 Å². The van der Waals surface area contributed by atoms with Crippen molar-refractivity contribution < 1.29 is 24.2 Å². The van der Waals surface area contributed by atoms with Crippen molar-refractivity contribution >= 4 is 11.9 Å². The lowest BCUT2D eigenvalue weighted by Gasteiger charge is -2.15. The van der Waals surface area contributed by atoms with E-state index in [1.807, 2.05) is 0 Å². The largest absolute Gasteiger partial charge is 0.462 e. The summed E-state index contributed by atoms with van der Waals surface area (Å²) >= 11 is 0. The normalized spacial score (nSPS) is 13.9. The first-order valence-corrected chi connectivity index (χ1v) is 34.9. The van der Waals surface area contributed by atoms with Gasteiger partial charge in [0.2, 0.25) is 0 Å². The lowest BCUT2D eigenvalue weighted by Crippen LogP contribution is -2.28. The van der Waals surface area contributed by atoms with Crippen molar-refractivity contribution in [3.63, 3.8) is 0 Å².